The molecule has 1 amide bonds. The Balaban J connectivity index is 1.42. The summed E-state index contributed by atoms with van der Waals surface area (Å²) in [6, 6.07) is 5.42. The number of amides is 1. The first-order valence-electron chi connectivity index (χ1n) is 7.47. The first-order chi connectivity index (χ1) is 12.2. The van der Waals surface area contributed by atoms with Gasteiger partial charge in [0.25, 0.3) is 5.56 Å². The van der Waals surface area contributed by atoms with Crippen molar-refractivity contribution in [3.63, 3.8) is 0 Å². The molecule has 25 heavy (non-hydrogen) atoms. The number of H-pyrrole nitrogens is 1. The van der Waals surface area contributed by atoms with Crippen molar-refractivity contribution in [2.45, 2.75) is 6.54 Å². The fourth-order valence-electron chi connectivity index (χ4n) is 2.42. The third kappa shape index (κ3) is 2.94. The third-order valence-electron chi connectivity index (χ3n) is 3.65. The molecular formula is C16H13N5O4. The Morgan fingerprint density at radius 2 is 2.20 bits per heavy atom. The van der Waals surface area contributed by atoms with E-state index in [4.69, 9.17) is 9.47 Å². The molecule has 1 aliphatic rings. The van der Waals surface area contributed by atoms with Crippen molar-refractivity contribution in [2.75, 3.05) is 6.79 Å². The van der Waals surface area contributed by atoms with Crippen molar-refractivity contribution in [1.82, 2.24) is 24.9 Å². The Bertz CT molecular complexity index is 1040. The molecule has 126 valence electrons. The lowest BCUT2D eigenvalue weighted by Gasteiger charge is -2.01. The minimum Gasteiger partial charge on any atom is -0.454 e. The summed E-state index contributed by atoms with van der Waals surface area (Å²) in [5.74, 6) is 1.52. The Kier molecular flexibility index (Phi) is 3.65. The van der Waals surface area contributed by atoms with E-state index in [2.05, 4.69) is 20.5 Å². The number of rotatable bonds is 4. The Morgan fingerprint density at radius 3 is 3.12 bits per heavy atom. The fraction of sp³-hybridized carbons (Fsp3) is 0.125. The highest BCUT2D eigenvalue weighted by Gasteiger charge is 2.12. The molecule has 0 fully saturated rings. The number of aromatic nitrogens is 4. The maximum absolute atomic E-state index is 12.0. The van der Waals surface area contributed by atoms with E-state index in [1.54, 1.807) is 24.4 Å². The highest BCUT2D eigenvalue weighted by atomic mass is 16.7. The van der Waals surface area contributed by atoms with Crippen LogP contribution in [0.2, 0.25) is 0 Å². The van der Waals surface area contributed by atoms with E-state index in [1.807, 2.05) is 6.07 Å². The Hall–Kier alpha value is -3.62. The predicted octanol–water partition coefficient (Wildman–Crippen LogP) is 0.476. The van der Waals surface area contributed by atoms with Gasteiger partial charge in [-0.25, -0.2) is 0 Å². The third-order valence-corrected chi connectivity index (χ3v) is 3.65. The zero-order valence-corrected chi connectivity index (χ0v) is 12.9. The van der Waals surface area contributed by atoms with Crippen molar-refractivity contribution in [1.29, 1.82) is 0 Å². The van der Waals surface area contributed by atoms with Gasteiger partial charge in [-0.3, -0.25) is 14.0 Å². The monoisotopic (exact) mass is 339 g/mol. The lowest BCUT2D eigenvalue weighted by molar-refractivity contribution is -0.116. The fourth-order valence-corrected chi connectivity index (χ4v) is 2.42. The second-order valence-electron chi connectivity index (χ2n) is 5.26. The van der Waals surface area contributed by atoms with E-state index in [-0.39, 0.29) is 30.5 Å². The highest BCUT2D eigenvalue weighted by molar-refractivity contribution is 5.91. The van der Waals surface area contributed by atoms with Gasteiger partial charge in [-0.1, -0.05) is 6.07 Å². The quantitative estimate of drug-likeness (QED) is 0.669. The standard InChI is InChI=1S/C16H13N5O4/c22-14(4-2-10-1-3-11-12(7-10)25-9-24-11)18-8-13-19-20-15-16(23)17-5-6-21(13)15/h1-7H,8-9H2,(H,17,23)(H,18,22). The molecule has 2 N–H and O–H groups in total. The maximum atomic E-state index is 12.0. The summed E-state index contributed by atoms with van der Waals surface area (Å²) in [5, 5.41) is 10.4. The molecule has 2 aromatic heterocycles. The zero-order chi connectivity index (χ0) is 17.2. The Labute approximate surface area is 140 Å². The molecule has 3 aromatic rings. The SMILES string of the molecule is O=C(C=Cc1ccc2c(c1)OCO2)NCc1nnc2c(=O)[nH]ccn12. The largest absolute Gasteiger partial charge is 0.454 e. The lowest BCUT2D eigenvalue weighted by atomic mass is 10.2. The number of aromatic amines is 1. The number of hydrogen-bond donors (Lipinski definition) is 2. The zero-order valence-electron chi connectivity index (χ0n) is 12.9. The van der Waals surface area contributed by atoms with Crippen molar-refractivity contribution in [3.05, 3.63) is 58.4 Å². The van der Waals surface area contributed by atoms with Gasteiger partial charge in [-0.05, 0) is 23.8 Å². The number of nitrogens with zero attached hydrogens (tertiary/aromatic N) is 3. The molecule has 0 aliphatic carbocycles. The van der Waals surface area contributed by atoms with E-state index in [1.165, 1.54) is 16.7 Å². The molecule has 0 saturated heterocycles. The van der Waals surface area contributed by atoms with Gasteiger partial charge in [0.2, 0.25) is 18.3 Å². The van der Waals surface area contributed by atoms with Gasteiger partial charge in [0, 0.05) is 18.5 Å². The molecule has 4 rings (SSSR count). The number of fused-ring (bicyclic) bond motifs is 2. The molecule has 0 spiro atoms. The van der Waals surface area contributed by atoms with E-state index in [9.17, 15) is 9.59 Å². The van der Waals surface area contributed by atoms with Crippen molar-refractivity contribution < 1.29 is 14.3 Å². The van der Waals surface area contributed by atoms with Crippen LogP contribution in [-0.4, -0.2) is 32.3 Å². The second kappa shape index (κ2) is 6.11. The van der Waals surface area contributed by atoms with E-state index in [0.717, 1.165) is 5.56 Å². The van der Waals surface area contributed by atoms with Crippen LogP contribution >= 0.6 is 0 Å². The number of nitrogens with one attached hydrogen (secondary N) is 2. The van der Waals surface area contributed by atoms with Crippen LogP contribution in [0.1, 0.15) is 11.4 Å². The smallest absolute Gasteiger partial charge is 0.293 e. The van der Waals surface area contributed by atoms with Gasteiger partial charge in [0.05, 0.1) is 6.54 Å². The summed E-state index contributed by atoms with van der Waals surface area (Å²) in [4.78, 5) is 26.1. The molecule has 0 radical (unpaired) electrons. The molecule has 9 nitrogen and oxygen atoms in total. The van der Waals surface area contributed by atoms with Gasteiger partial charge in [-0.15, -0.1) is 10.2 Å². The van der Waals surface area contributed by atoms with Gasteiger partial charge in [0.15, 0.2) is 17.3 Å². The predicted molar refractivity (Wildman–Crippen MR) is 87.1 cm³/mol. The Morgan fingerprint density at radius 1 is 1.32 bits per heavy atom. The summed E-state index contributed by atoms with van der Waals surface area (Å²) in [7, 11) is 0. The minimum atomic E-state index is -0.338. The topological polar surface area (TPSA) is 111 Å². The van der Waals surface area contributed by atoms with E-state index in [0.29, 0.717) is 17.3 Å². The normalized spacial score (nSPS) is 12.8. The van der Waals surface area contributed by atoms with E-state index >= 15 is 0 Å². The molecule has 0 saturated carbocycles. The first-order valence-corrected chi connectivity index (χ1v) is 7.47. The summed E-state index contributed by atoms with van der Waals surface area (Å²) >= 11 is 0. The van der Waals surface area contributed by atoms with Crippen LogP contribution in [0.3, 0.4) is 0 Å². The van der Waals surface area contributed by atoms with Crippen LogP contribution in [-0.2, 0) is 11.3 Å². The molecule has 1 aromatic carbocycles. The second-order valence-corrected chi connectivity index (χ2v) is 5.26. The number of carbonyl (C=O) groups excluding carboxylic acids is 1. The van der Waals surface area contributed by atoms with Crippen molar-refractivity contribution >= 4 is 17.6 Å². The van der Waals surface area contributed by atoms with Crippen LogP contribution in [0.25, 0.3) is 11.7 Å². The molecule has 0 atom stereocenters. The molecular weight excluding hydrogens is 326 g/mol. The number of carbonyl (C=O) groups is 1. The summed E-state index contributed by atoms with van der Waals surface area (Å²) in [6.45, 7) is 0.354. The summed E-state index contributed by atoms with van der Waals surface area (Å²) < 4.78 is 12.1. The molecule has 0 unspecified atom stereocenters. The van der Waals surface area contributed by atoms with Crippen molar-refractivity contribution in [2.24, 2.45) is 0 Å². The van der Waals surface area contributed by atoms with Crippen LogP contribution in [0, 0.1) is 0 Å². The van der Waals surface area contributed by atoms with Gasteiger partial charge >= 0.3 is 0 Å². The molecule has 1 aliphatic heterocycles. The van der Waals surface area contributed by atoms with Gasteiger partial charge in [-0.2, -0.15) is 0 Å². The van der Waals surface area contributed by atoms with Crippen LogP contribution < -0.4 is 20.3 Å². The maximum Gasteiger partial charge on any atom is 0.293 e. The van der Waals surface area contributed by atoms with Gasteiger partial charge < -0.3 is 19.8 Å². The molecule has 3 heterocycles. The van der Waals surface area contributed by atoms with Crippen LogP contribution in [0.4, 0.5) is 0 Å². The first kappa shape index (κ1) is 14.9. The summed E-state index contributed by atoms with van der Waals surface area (Å²) in [6.07, 6.45) is 6.20. The number of hydrogen-bond acceptors (Lipinski definition) is 6. The average molecular weight is 339 g/mol. The minimum absolute atomic E-state index is 0.148. The van der Waals surface area contributed by atoms with Gasteiger partial charge in [0.1, 0.15) is 0 Å². The summed E-state index contributed by atoms with van der Waals surface area (Å²) in [5.41, 5.74) is 0.664. The highest BCUT2D eigenvalue weighted by Crippen LogP contribution is 2.32. The van der Waals surface area contributed by atoms with Crippen molar-refractivity contribution in [3.8, 4) is 11.5 Å². The molecule has 9 heteroatoms. The number of ether oxygens (including phenoxy) is 2. The van der Waals surface area contributed by atoms with E-state index < -0.39 is 0 Å². The number of benzene rings is 1. The average Bonchev–Trinajstić information content (AvgIpc) is 3.25. The van der Waals surface area contributed by atoms with Crippen LogP contribution in [0.5, 0.6) is 11.5 Å². The lowest BCUT2D eigenvalue weighted by Crippen LogP contribution is -2.22. The van der Waals surface area contributed by atoms with Crippen LogP contribution in [0.15, 0.2) is 41.5 Å². The molecule has 0 bridgehead atoms.